The van der Waals surface area contributed by atoms with Gasteiger partial charge in [0.2, 0.25) is 0 Å². The topological polar surface area (TPSA) is 24.0 Å². The third-order valence-corrected chi connectivity index (χ3v) is 5.76. The lowest BCUT2D eigenvalue weighted by molar-refractivity contribution is 0.171. The molecule has 130 valence electrons. The zero-order valence-corrected chi connectivity index (χ0v) is 16.1. The zero-order valence-electron chi connectivity index (χ0n) is 13.7. The van der Waals surface area contributed by atoms with Gasteiger partial charge in [0.1, 0.15) is 5.82 Å². The number of aromatic amines is 1. The van der Waals surface area contributed by atoms with Crippen LogP contribution in [-0.4, -0.2) is 27.5 Å². The summed E-state index contributed by atoms with van der Waals surface area (Å²) in [6.45, 7) is 3.00. The number of H-pyrrole nitrogens is 1. The van der Waals surface area contributed by atoms with Crippen LogP contribution in [0.3, 0.4) is 0 Å². The van der Waals surface area contributed by atoms with Crippen LogP contribution in [0.2, 0.25) is 0 Å². The number of benzene rings is 2. The second-order valence-electron chi connectivity index (χ2n) is 6.60. The van der Waals surface area contributed by atoms with Crippen LogP contribution in [0, 0.1) is 10.6 Å². The molecule has 0 bridgehead atoms. The molecule has 6 heteroatoms. The molecule has 3 aromatic rings. The van der Waals surface area contributed by atoms with Crippen molar-refractivity contribution in [2.24, 2.45) is 0 Å². The first-order chi connectivity index (χ1) is 12.1. The van der Waals surface area contributed by atoms with E-state index in [-0.39, 0.29) is 5.82 Å². The van der Waals surface area contributed by atoms with Gasteiger partial charge in [-0.25, -0.2) is 4.39 Å². The Balaban J connectivity index is 1.63. The molecule has 4 rings (SSSR count). The molecule has 0 amide bonds. The summed E-state index contributed by atoms with van der Waals surface area (Å²) in [7, 11) is 0. The molecule has 25 heavy (non-hydrogen) atoms. The summed E-state index contributed by atoms with van der Waals surface area (Å²) in [5.41, 5.74) is 3.05. The first-order valence-electron chi connectivity index (χ1n) is 8.47. The fourth-order valence-electron chi connectivity index (χ4n) is 3.71. The smallest absolute Gasteiger partial charge is 0.178 e. The van der Waals surface area contributed by atoms with E-state index in [1.165, 1.54) is 11.6 Å². The van der Waals surface area contributed by atoms with Crippen LogP contribution >= 0.6 is 28.1 Å². The monoisotopic (exact) mass is 419 g/mol. The molecule has 1 aliphatic rings. The van der Waals surface area contributed by atoms with Crippen molar-refractivity contribution in [1.82, 2.24) is 14.5 Å². The summed E-state index contributed by atoms with van der Waals surface area (Å²) in [6.07, 6.45) is 2.22. The Labute approximate surface area is 159 Å². The molecule has 3 nitrogen and oxygen atoms in total. The van der Waals surface area contributed by atoms with Crippen LogP contribution in [-0.2, 0) is 6.54 Å². The molecule has 0 saturated carbocycles. The minimum Gasteiger partial charge on any atom is -0.330 e. The summed E-state index contributed by atoms with van der Waals surface area (Å²) in [5.74, 6) is -0.273. The molecule has 1 saturated heterocycles. The summed E-state index contributed by atoms with van der Waals surface area (Å²) in [6, 6.07) is 14.2. The van der Waals surface area contributed by atoms with E-state index in [9.17, 15) is 4.39 Å². The van der Waals surface area contributed by atoms with E-state index in [4.69, 9.17) is 12.2 Å². The van der Waals surface area contributed by atoms with Crippen molar-refractivity contribution in [2.75, 3.05) is 13.1 Å². The summed E-state index contributed by atoms with van der Waals surface area (Å²) < 4.78 is 17.1. The Hall–Kier alpha value is -1.50. The van der Waals surface area contributed by atoms with Crippen molar-refractivity contribution < 1.29 is 4.39 Å². The number of hydrogen-bond donors (Lipinski definition) is 1. The van der Waals surface area contributed by atoms with Crippen molar-refractivity contribution in [2.45, 2.75) is 25.4 Å². The molecule has 1 N–H and O–H groups in total. The van der Waals surface area contributed by atoms with Gasteiger partial charge in [0.05, 0.1) is 15.5 Å². The largest absolute Gasteiger partial charge is 0.330 e. The Morgan fingerprint density at radius 3 is 2.84 bits per heavy atom. The summed E-state index contributed by atoms with van der Waals surface area (Å²) in [5, 5.41) is 0. The molecule has 1 fully saturated rings. The predicted octanol–water partition coefficient (Wildman–Crippen LogP) is 5.44. The minimum atomic E-state index is -0.273. The average molecular weight is 420 g/mol. The van der Waals surface area contributed by atoms with Gasteiger partial charge in [-0.15, -0.1) is 0 Å². The number of nitrogens with one attached hydrogen (secondary N) is 1. The molecule has 1 aliphatic heterocycles. The predicted molar refractivity (Wildman–Crippen MR) is 105 cm³/mol. The Kier molecular flexibility index (Phi) is 4.75. The van der Waals surface area contributed by atoms with Gasteiger partial charge >= 0.3 is 0 Å². The Bertz CT molecular complexity index is 950. The van der Waals surface area contributed by atoms with Crippen LogP contribution < -0.4 is 0 Å². The molecule has 2 aromatic carbocycles. The van der Waals surface area contributed by atoms with E-state index in [0.29, 0.717) is 15.3 Å². The molecule has 0 aliphatic carbocycles. The zero-order chi connectivity index (χ0) is 17.4. The summed E-state index contributed by atoms with van der Waals surface area (Å²) >= 11 is 8.83. The van der Waals surface area contributed by atoms with Gasteiger partial charge in [-0.05, 0) is 59.2 Å². The number of imidazole rings is 1. The average Bonchev–Trinajstić information content (AvgIpc) is 2.91. The molecule has 1 aromatic heterocycles. The number of piperidine rings is 1. The standard InChI is InChI=1S/C19H19BrFN3S/c20-15-9-18-17(10-16(15)21)22-19(25)24(18)14-7-4-8-23(12-14)11-13-5-2-1-3-6-13/h1-3,5-6,9-10,14H,4,7-8,11-12H2,(H,22,25). The molecule has 0 radical (unpaired) electrons. The number of fused-ring (bicyclic) bond motifs is 1. The molecule has 0 spiro atoms. The van der Waals surface area contributed by atoms with Crippen LogP contribution in [0.15, 0.2) is 46.9 Å². The molecule has 1 atom stereocenters. The SMILES string of the molecule is Fc1cc2[nH]c(=S)n(C3CCCN(Cc4ccccc4)C3)c2cc1Br. The van der Waals surface area contributed by atoms with Gasteiger partial charge in [-0.2, -0.15) is 0 Å². The lowest BCUT2D eigenvalue weighted by Gasteiger charge is -2.33. The van der Waals surface area contributed by atoms with Crippen LogP contribution in [0.4, 0.5) is 4.39 Å². The van der Waals surface area contributed by atoms with Gasteiger partial charge in [-0.3, -0.25) is 4.90 Å². The minimum absolute atomic E-state index is 0.273. The van der Waals surface area contributed by atoms with Gasteiger partial charge in [0.15, 0.2) is 4.77 Å². The second kappa shape index (κ2) is 7.02. The van der Waals surface area contributed by atoms with Crippen molar-refractivity contribution in [3.05, 3.63) is 63.1 Å². The van der Waals surface area contributed by atoms with E-state index >= 15 is 0 Å². The quantitative estimate of drug-likeness (QED) is 0.571. The lowest BCUT2D eigenvalue weighted by Crippen LogP contribution is -2.36. The highest BCUT2D eigenvalue weighted by Gasteiger charge is 2.24. The van der Waals surface area contributed by atoms with Gasteiger partial charge in [-0.1, -0.05) is 30.3 Å². The highest BCUT2D eigenvalue weighted by atomic mass is 79.9. The van der Waals surface area contributed by atoms with E-state index < -0.39 is 0 Å². The fraction of sp³-hybridized carbons (Fsp3) is 0.316. The van der Waals surface area contributed by atoms with Crippen molar-refractivity contribution in [3.63, 3.8) is 0 Å². The van der Waals surface area contributed by atoms with Crippen LogP contribution in [0.25, 0.3) is 11.0 Å². The highest BCUT2D eigenvalue weighted by Crippen LogP contribution is 2.30. The van der Waals surface area contributed by atoms with E-state index in [1.54, 1.807) is 0 Å². The normalized spacial score (nSPS) is 18.7. The van der Waals surface area contributed by atoms with E-state index in [0.717, 1.165) is 43.5 Å². The number of hydrogen-bond acceptors (Lipinski definition) is 2. The maximum atomic E-state index is 13.8. The first kappa shape index (κ1) is 16.9. The molecule has 2 heterocycles. The van der Waals surface area contributed by atoms with E-state index in [1.807, 2.05) is 12.1 Å². The Morgan fingerprint density at radius 2 is 2.04 bits per heavy atom. The van der Waals surface area contributed by atoms with Crippen molar-refractivity contribution >= 4 is 39.2 Å². The van der Waals surface area contributed by atoms with Crippen LogP contribution in [0.5, 0.6) is 0 Å². The molecular weight excluding hydrogens is 401 g/mol. The number of rotatable bonds is 3. The lowest BCUT2D eigenvalue weighted by atomic mass is 10.0. The van der Waals surface area contributed by atoms with Crippen molar-refractivity contribution in [1.29, 1.82) is 0 Å². The molecule has 1 unspecified atom stereocenters. The Morgan fingerprint density at radius 1 is 1.24 bits per heavy atom. The molecular formula is C19H19BrFN3S. The van der Waals surface area contributed by atoms with Crippen molar-refractivity contribution in [3.8, 4) is 0 Å². The third kappa shape index (κ3) is 3.43. The van der Waals surface area contributed by atoms with E-state index in [2.05, 4.69) is 54.6 Å². The fourth-order valence-corrected chi connectivity index (χ4v) is 4.40. The van der Waals surface area contributed by atoms with Gasteiger partial charge in [0.25, 0.3) is 0 Å². The number of likely N-dealkylation sites (tertiary alicyclic amines) is 1. The first-order valence-corrected chi connectivity index (χ1v) is 9.67. The van der Waals surface area contributed by atoms with Gasteiger partial charge in [0, 0.05) is 25.2 Å². The highest BCUT2D eigenvalue weighted by molar-refractivity contribution is 9.10. The number of nitrogens with zero attached hydrogens (tertiary/aromatic N) is 2. The van der Waals surface area contributed by atoms with Gasteiger partial charge < -0.3 is 9.55 Å². The van der Waals surface area contributed by atoms with Crippen LogP contribution in [0.1, 0.15) is 24.4 Å². The second-order valence-corrected chi connectivity index (χ2v) is 7.84. The summed E-state index contributed by atoms with van der Waals surface area (Å²) in [4.78, 5) is 5.63. The number of aromatic nitrogens is 2. The maximum Gasteiger partial charge on any atom is 0.178 e. The number of halogens is 2. The maximum absolute atomic E-state index is 13.8. The third-order valence-electron chi connectivity index (χ3n) is 4.85.